The normalized spacial score (nSPS) is 27.4. The summed E-state index contributed by atoms with van der Waals surface area (Å²) in [4.78, 5) is 10.8. The summed E-state index contributed by atoms with van der Waals surface area (Å²) >= 11 is 1.24. The van der Waals surface area contributed by atoms with E-state index in [9.17, 15) is 4.79 Å². The number of rotatable bonds is 7. The molecular weight excluding hydrogens is 290 g/mol. The molecule has 1 N–H and O–H groups in total. The van der Waals surface area contributed by atoms with Crippen molar-refractivity contribution in [3.05, 3.63) is 5.82 Å². The molecule has 2 fully saturated rings. The van der Waals surface area contributed by atoms with E-state index < -0.39 is 5.97 Å². The van der Waals surface area contributed by atoms with Gasteiger partial charge in [-0.2, -0.15) is 0 Å². The molecule has 0 aliphatic heterocycles. The van der Waals surface area contributed by atoms with Gasteiger partial charge in [0.2, 0.25) is 0 Å². The largest absolute Gasteiger partial charge is 0.481 e. The number of carboxylic acid groups (broad SMARTS) is 1. The van der Waals surface area contributed by atoms with Crippen LogP contribution in [0.4, 0.5) is 0 Å². The van der Waals surface area contributed by atoms with Crippen LogP contribution in [0.3, 0.4) is 0 Å². The molecule has 2 aliphatic rings. The monoisotopic (exact) mass is 311 g/mol. The van der Waals surface area contributed by atoms with E-state index >= 15 is 0 Å². The van der Waals surface area contributed by atoms with Crippen molar-refractivity contribution in [2.75, 3.05) is 19.5 Å². The van der Waals surface area contributed by atoms with Crippen LogP contribution < -0.4 is 0 Å². The van der Waals surface area contributed by atoms with E-state index in [-0.39, 0.29) is 5.75 Å². The molecule has 116 valence electrons. The lowest BCUT2D eigenvalue weighted by Gasteiger charge is -2.08. The van der Waals surface area contributed by atoms with E-state index in [1.807, 2.05) is 0 Å². The summed E-state index contributed by atoms with van der Waals surface area (Å²) in [6, 6.07) is 0. The zero-order valence-corrected chi connectivity index (χ0v) is 13.0. The maximum Gasteiger partial charge on any atom is 0.313 e. The van der Waals surface area contributed by atoms with Gasteiger partial charge in [0.15, 0.2) is 5.16 Å². The number of fused-ring (bicyclic) bond motifs is 1. The number of carboxylic acids is 1. The number of carbonyl (C=O) groups is 1. The fraction of sp³-hybridized carbons (Fsp3) is 0.786. The molecule has 2 atom stereocenters. The summed E-state index contributed by atoms with van der Waals surface area (Å²) in [5.41, 5.74) is 0. The molecule has 6 nitrogen and oxygen atoms in total. The van der Waals surface area contributed by atoms with Gasteiger partial charge < -0.3 is 14.4 Å². The van der Waals surface area contributed by atoms with Crippen LogP contribution in [0, 0.1) is 11.8 Å². The average molecular weight is 311 g/mol. The molecule has 0 aromatic carbocycles. The zero-order chi connectivity index (χ0) is 14.8. The fourth-order valence-electron chi connectivity index (χ4n) is 3.55. The molecule has 1 heterocycles. The number of aromatic nitrogens is 3. The van der Waals surface area contributed by atoms with Crippen molar-refractivity contribution in [1.29, 1.82) is 0 Å². The quantitative estimate of drug-likeness (QED) is 0.776. The van der Waals surface area contributed by atoms with Crippen LogP contribution in [-0.4, -0.2) is 45.3 Å². The lowest BCUT2D eigenvalue weighted by molar-refractivity contribution is -0.133. The number of hydrogen-bond donors (Lipinski definition) is 1. The van der Waals surface area contributed by atoms with Crippen LogP contribution in [0.25, 0.3) is 0 Å². The minimum absolute atomic E-state index is 0.0165. The molecule has 0 amide bonds. The minimum atomic E-state index is -0.831. The highest BCUT2D eigenvalue weighted by Gasteiger charge is 2.53. The molecule has 0 radical (unpaired) electrons. The molecule has 2 saturated carbocycles. The van der Waals surface area contributed by atoms with Gasteiger partial charge in [0, 0.05) is 19.6 Å². The Balaban J connectivity index is 1.77. The lowest BCUT2D eigenvalue weighted by Crippen LogP contribution is -2.10. The molecule has 1 aromatic heterocycles. The Labute approximate surface area is 128 Å². The molecule has 1 aromatic rings. The Morgan fingerprint density at radius 3 is 2.71 bits per heavy atom. The first-order valence-corrected chi connectivity index (χ1v) is 8.47. The van der Waals surface area contributed by atoms with Crippen molar-refractivity contribution in [2.24, 2.45) is 11.8 Å². The SMILES string of the molecule is COCCn1c(SCC(=O)O)nnc1C1C2CCCCC21. The van der Waals surface area contributed by atoms with E-state index in [4.69, 9.17) is 9.84 Å². The second kappa shape index (κ2) is 6.36. The van der Waals surface area contributed by atoms with Gasteiger partial charge in [-0.05, 0) is 24.7 Å². The number of methoxy groups -OCH3 is 1. The number of ether oxygens (including phenoxy) is 1. The second-order valence-corrected chi connectivity index (χ2v) is 6.75. The van der Waals surface area contributed by atoms with Crippen molar-refractivity contribution in [3.8, 4) is 0 Å². The maximum absolute atomic E-state index is 10.8. The van der Waals surface area contributed by atoms with Crippen LogP contribution in [0.1, 0.15) is 37.4 Å². The van der Waals surface area contributed by atoms with Gasteiger partial charge in [-0.15, -0.1) is 10.2 Å². The summed E-state index contributed by atoms with van der Waals surface area (Å²) in [7, 11) is 1.67. The fourth-order valence-corrected chi connectivity index (χ4v) is 4.24. The Hall–Kier alpha value is -1.08. The Bertz CT molecular complexity index is 508. The van der Waals surface area contributed by atoms with Crippen LogP contribution in [0.15, 0.2) is 5.16 Å². The van der Waals surface area contributed by atoms with Crippen molar-refractivity contribution in [3.63, 3.8) is 0 Å². The van der Waals surface area contributed by atoms with Gasteiger partial charge in [-0.25, -0.2) is 0 Å². The first-order chi connectivity index (χ1) is 10.2. The van der Waals surface area contributed by atoms with Crippen LogP contribution in [0.5, 0.6) is 0 Å². The maximum atomic E-state index is 10.8. The summed E-state index contributed by atoms with van der Waals surface area (Å²) in [6.45, 7) is 1.28. The van der Waals surface area contributed by atoms with Crippen LogP contribution in [-0.2, 0) is 16.1 Å². The number of nitrogens with zero attached hydrogens (tertiary/aromatic N) is 3. The highest BCUT2D eigenvalue weighted by molar-refractivity contribution is 7.99. The van der Waals surface area contributed by atoms with Crippen LogP contribution >= 0.6 is 11.8 Å². The van der Waals surface area contributed by atoms with Crippen molar-refractivity contribution in [1.82, 2.24) is 14.8 Å². The Kier molecular flexibility index (Phi) is 4.49. The van der Waals surface area contributed by atoms with Crippen molar-refractivity contribution >= 4 is 17.7 Å². The van der Waals surface area contributed by atoms with Gasteiger partial charge in [-0.3, -0.25) is 4.79 Å². The molecule has 2 unspecified atom stereocenters. The lowest BCUT2D eigenvalue weighted by atomic mass is 10.0. The van der Waals surface area contributed by atoms with Gasteiger partial charge in [-0.1, -0.05) is 24.6 Å². The van der Waals surface area contributed by atoms with Gasteiger partial charge in [0.25, 0.3) is 0 Å². The zero-order valence-electron chi connectivity index (χ0n) is 12.2. The van der Waals surface area contributed by atoms with Gasteiger partial charge in [0.05, 0.1) is 12.4 Å². The standard InChI is InChI=1S/C14H21N3O3S/c1-20-7-6-17-13(12-9-4-2-3-5-10(9)12)15-16-14(17)21-8-11(18)19/h9-10,12H,2-8H2,1H3,(H,18,19). The van der Waals surface area contributed by atoms with E-state index in [0.29, 0.717) is 24.2 Å². The summed E-state index contributed by atoms with van der Waals surface area (Å²) in [5.74, 6) is 2.28. The van der Waals surface area contributed by atoms with Gasteiger partial charge in [0.1, 0.15) is 5.82 Å². The topological polar surface area (TPSA) is 77.2 Å². The molecule has 7 heteroatoms. The molecule has 0 spiro atoms. The molecule has 2 aliphatic carbocycles. The van der Waals surface area contributed by atoms with E-state index in [0.717, 1.165) is 17.7 Å². The molecule has 0 saturated heterocycles. The predicted molar refractivity (Wildman–Crippen MR) is 78.4 cm³/mol. The molecule has 0 bridgehead atoms. The minimum Gasteiger partial charge on any atom is -0.481 e. The highest BCUT2D eigenvalue weighted by Crippen LogP contribution is 2.60. The third-order valence-corrected chi connectivity index (χ3v) is 5.50. The first kappa shape index (κ1) is 14.8. The van der Waals surface area contributed by atoms with Gasteiger partial charge >= 0.3 is 5.97 Å². The van der Waals surface area contributed by atoms with E-state index in [1.165, 1.54) is 37.4 Å². The average Bonchev–Trinajstić information content (AvgIpc) is 3.07. The Morgan fingerprint density at radius 1 is 1.38 bits per heavy atom. The number of aliphatic carboxylic acids is 1. The first-order valence-electron chi connectivity index (χ1n) is 7.49. The number of thioether (sulfide) groups is 1. The van der Waals surface area contributed by atoms with Crippen molar-refractivity contribution < 1.29 is 14.6 Å². The Morgan fingerprint density at radius 2 is 2.10 bits per heavy atom. The highest BCUT2D eigenvalue weighted by atomic mass is 32.2. The third kappa shape index (κ3) is 3.08. The summed E-state index contributed by atoms with van der Waals surface area (Å²) < 4.78 is 7.24. The molecular formula is C14H21N3O3S. The molecule has 21 heavy (non-hydrogen) atoms. The second-order valence-electron chi connectivity index (χ2n) is 5.81. The van der Waals surface area contributed by atoms with Crippen LogP contribution in [0.2, 0.25) is 0 Å². The summed E-state index contributed by atoms with van der Waals surface area (Å²) in [5, 5.41) is 18.1. The smallest absolute Gasteiger partial charge is 0.313 e. The predicted octanol–water partition coefficient (Wildman–Crippen LogP) is 2.00. The third-order valence-electron chi connectivity index (χ3n) is 4.54. The summed E-state index contributed by atoms with van der Waals surface area (Å²) in [6.07, 6.45) is 5.24. The molecule has 3 rings (SSSR count). The van der Waals surface area contributed by atoms with E-state index in [1.54, 1.807) is 7.11 Å². The van der Waals surface area contributed by atoms with Crippen molar-refractivity contribution in [2.45, 2.75) is 43.3 Å². The van der Waals surface area contributed by atoms with E-state index in [2.05, 4.69) is 14.8 Å². The number of hydrogen-bond acceptors (Lipinski definition) is 5.